The monoisotopic (exact) mass is 430 g/mol. The Morgan fingerprint density at radius 1 is 1.13 bits per heavy atom. The summed E-state index contributed by atoms with van der Waals surface area (Å²) in [5.74, 6) is -0.530. The van der Waals surface area contributed by atoms with Gasteiger partial charge in [0.1, 0.15) is 0 Å². The summed E-state index contributed by atoms with van der Waals surface area (Å²) in [6.07, 6.45) is 2.03. The number of hydrogen-bond donors (Lipinski definition) is 0. The summed E-state index contributed by atoms with van der Waals surface area (Å²) in [5, 5.41) is 0. The minimum atomic E-state index is -3.85. The van der Waals surface area contributed by atoms with Crippen LogP contribution in [0.3, 0.4) is 0 Å². The van der Waals surface area contributed by atoms with E-state index < -0.39 is 16.0 Å². The number of nitrogens with zero attached hydrogens (tertiary/aromatic N) is 2. The molecule has 0 radical (unpaired) electrons. The second kappa shape index (κ2) is 9.30. The SMILES string of the molecule is CC1CCCN(C(=O)COC(=O)c2cccc(S(=O)(=O)N(C)c3ccccc3)c2)C1. The van der Waals surface area contributed by atoms with E-state index in [0.29, 0.717) is 24.7 Å². The second-order valence-electron chi connectivity index (χ2n) is 7.50. The van der Waals surface area contributed by atoms with E-state index in [1.54, 1.807) is 35.2 Å². The van der Waals surface area contributed by atoms with Gasteiger partial charge in [0.05, 0.1) is 16.1 Å². The van der Waals surface area contributed by atoms with Crippen LogP contribution >= 0.6 is 0 Å². The van der Waals surface area contributed by atoms with Crippen molar-refractivity contribution < 1.29 is 22.7 Å². The highest BCUT2D eigenvalue weighted by Gasteiger charge is 2.24. The van der Waals surface area contributed by atoms with Gasteiger partial charge in [0.25, 0.3) is 15.9 Å². The first-order valence-corrected chi connectivity index (χ1v) is 11.3. The number of carbonyl (C=O) groups is 2. The molecule has 1 aliphatic rings. The highest BCUT2D eigenvalue weighted by atomic mass is 32.2. The topological polar surface area (TPSA) is 84.0 Å². The minimum absolute atomic E-state index is 0.0283. The quantitative estimate of drug-likeness (QED) is 0.658. The molecule has 1 unspecified atom stereocenters. The van der Waals surface area contributed by atoms with E-state index >= 15 is 0 Å². The van der Waals surface area contributed by atoms with Crippen molar-refractivity contribution in [2.24, 2.45) is 5.92 Å². The zero-order chi connectivity index (χ0) is 21.7. The lowest BCUT2D eigenvalue weighted by Gasteiger charge is -2.30. The standard InChI is InChI=1S/C22H26N2O5S/c1-17-8-7-13-24(15-17)21(25)16-29-22(26)18-9-6-12-20(14-18)30(27,28)23(2)19-10-4-3-5-11-19/h3-6,9-12,14,17H,7-8,13,15-16H2,1-2H3. The number of anilines is 1. The predicted octanol–water partition coefficient (Wildman–Crippen LogP) is 2.93. The van der Waals surface area contributed by atoms with Gasteiger partial charge in [-0.15, -0.1) is 0 Å². The third-order valence-corrected chi connectivity index (χ3v) is 6.97. The Balaban J connectivity index is 1.68. The molecule has 1 amide bonds. The van der Waals surface area contributed by atoms with E-state index in [1.807, 2.05) is 0 Å². The van der Waals surface area contributed by atoms with Crippen LogP contribution in [0.1, 0.15) is 30.1 Å². The van der Waals surface area contributed by atoms with Crippen LogP contribution < -0.4 is 4.31 Å². The number of rotatable bonds is 6. The van der Waals surface area contributed by atoms with Crippen molar-refractivity contribution in [1.29, 1.82) is 0 Å². The molecule has 1 saturated heterocycles. The number of benzene rings is 2. The molecule has 8 heteroatoms. The third kappa shape index (κ3) is 4.99. The molecule has 30 heavy (non-hydrogen) atoms. The van der Waals surface area contributed by atoms with Crippen LogP contribution in [0.4, 0.5) is 5.69 Å². The number of ether oxygens (including phenoxy) is 1. The van der Waals surface area contributed by atoms with Crippen molar-refractivity contribution in [2.45, 2.75) is 24.7 Å². The first kappa shape index (κ1) is 21.8. The molecule has 0 saturated carbocycles. The van der Waals surface area contributed by atoms with Crippen LogP contribution in [0, 0.1) is 5.92 Å². The van der Waals surface area contributed by atoms with Gasteiger partial charge < -0.3 is 9.64 Å². The summed E-state index contributed by atoms with van der Waals surface area (Å²) in [6, 6.07) is 14.3. The summed E-state index contributed by atoms with van der Waals surface area (Å²) in [7, 11) is -2.40. The molecule has 3 rings (SSSR count). The molecule has 160 valence electrons. The Labute approximate surface area is 177 Å². The van der Waals surface area contributed by atoms with Crippen molar-refractivity contribution in [1.82, 2.24) is 4.90 Å². The maximum atomic E-state index is 12.9. The number of para-hydroxylation sites is 1. The van der Waals surface area contributed by atoms with Gasteiger partial charge in [-0.3, -0.25) is 9.10 Å². The molecule has 1 fully saturated rings. The van der Waals surface area contributed by atoms with E-state index in [0.717, 1.165) is 17.1 Å². The van der Waals surface area contributed by atoms with Crippen LogP contribution in [0.5, 0.6) is 0 Å². The lowest BCUT2D eigenvalue weighted by molar-refractivity contribution is -0.136. The molecule has 0 aromatic heterocycles. The average Bonchev–Trinajstić information content (AvgIpc) is 2.77. The lowest BCUT2D eigenvalue weighted by Crippen LogP contribution is -2.41. The molecule has 1 heterocycles. The first-order valence-electron chi connectivity index (χ1n) is 9.88. The van der Waals surface area contributed by atoms with Gasteiger partial charge in [-0.05, 0) is 49.1 Å². The maximum absolute atomic E-state index is 12.9. The minimum Gasteiger partial charge on any atom is -0.452 e. The van der Waals surface area contributed by atoms with Crippen LogP contribution in [-0.2, 0) is 19.6 Å². The fourth-order valence-electron chi connectivity index (χ4n) is 3.44. The Hall–Kier alpha value is -2.87. The van der Waals surface area contributed by atoms with Gasteiger partial charge in [-0.2, -0.15) is 0 Å². The summed E-state index contributed by atoms with van der Waals surface area (Å²) < 4.78 is 32.2. The van der Waals surface area contributed by atoms with Gasteiger partial charge in [0, 0.05) is 20.1 Å². The average molecular weight is 431 g/mol. The van der Waals surface area contributed by atoms with Gasteiger partial charge in [0.15, 0.2) is 6.61 Å². The van der Waals surface area contributed by atoms with Crippen LogP contribution in [0.15, 0.2) is 59.5 Å². The van der Waals surface area contributed by atoms with Crippen molar-refractivity contribution in [3.63, 3.8) is 0 Å². The molecule has 2 aromatic carbocycles. The lowest BCUT2D eigenvalue weighted by atomic mass is 10.0. The highest BCUT2D eigenvalue weighted by Crippen LogP contribution is 2.22. The number of amides is 1. The summed E-state index contributed by atoms with van der Waals surface area (Å²) in [6.45, 7) is 3.06. The zero-order valence-electron chi connectivity index (χ0n) is 17.2. The molecule has 2 aromatic rings. The maximum Gasteiger partial charge on any atom is 0.338 e. The normalized spacial score (nSPS) is 16.7. The zero-order valence-corrected chi connectivity index (χ0v) is 18.0. The molecular weight excluding hydrogens is 404 g/mol. The molecule has 0 aliphatic carbocycles. The second-order valence-corrected chi connectivity index (χ2v) is 9.47. The Morgan fingerprint density at radius 2 is 1.87 bits per heavy atom. The van der Waals surface area contributed by atoms with Crippen molar-refractivity contribution in [3.05, 3.63) is 60.2 Å². The number of piperidine rings is 1. The molecule has 1 aliphatic heterocycles. The first-order chi connectivity index (χ1) is 14.3. The van der Waals surface area contributed by atoms with Crippen LogP contribution in [0.2, 0.25) is 0 Å². The fourth-order valence-corrected chi connectivity index (χ4v) is 4.68. The van der Waals surface area contributed by atoms with Crippen LogP contribution in [-0.4, -0.2) is 51.9 Å². The Kier molecular flexibility index (Phi) is 6.77. The third-order valence-electron chi connectivity index (χ3n) is 5.18. The highest BCUT2D eigenvalue weighted by molar-refractivity contribution is 7.92. The van der Waals surface area contributed by atoms with E-state index in [-0.39, 0.29) is 23.0 Å². The number of esters is 1. The van der Waals surface area contributed by atoms with Crippen molar-refractivity contribution in [3.8, 4) is 0 Å². The largest absolute Gasteiger partial charge is 0.452 e. The number of carbonyl (C=O) groups excluding carboxylic acids is 2. The summed E-state index contributed by atoms with van der Waals surface area (Å²) in [4.78, 5) is 26.4. The predicted molar refractivity (Wildman–Crippen MR) is 114 cm³/mol. The number of sulfonamides is 1. The smallest absolute Gasteiger partial charge is 0.338 e. The summed E-state index contributed by atoms with van der Waals surface area (Å²) >= 11 is 0. The summed E-state index contributed by atoms with van der Waals surface area (Å²) in [5.41, 5.74) is 0.587. The number of likely N-dealkylation sites (tertiary alicyclic amines) is 1. The van der Waals surface area contributed by atoms with Crippen molar-refractivity contribution in [2.75, 3.05) is 31.0 Å². The Morgan fingerprint density at radius 3 is 2.57 bits per heavy atom. The van der Waals surface area contributed by atoms with E-state index in [1.165, 1.54) is 31.3 Å². The van der Waals surface area contributed by atoms with Crippen molar-refractivity contribution >= 4 is 27.6 Å². The van der Waals surface area contributed by atoms with Gasteiger partial charge in [-0.1, -0.05) is 31.2 Å². The number of hydrogen-bond acceptors (Lipinski definition) is 5. The van der Waals surface area contributed by atoms with Gasteiger partial charge in [-0.25, -0.2) is 13.2 Å². The molecule has 0 N–H and O–H groups in total. The molecule has 0 bridgehead atoms. The van der Waals surface area contributed by atoms with Crippen LogP contribution in [0.25, 0.3) is 0 Å². The molecule has 1 atom stereocenters. The van der Waals surface area contributed by atoms with Gasteiger partial charge in [0.2, 0.25) is 0 Å². The van der Waals surface area contributed by atoms with Gasteiger partial charge >= 0.3 is 5.97 Å². The molecule has 7 nitrogen and oxygen atoms in total. The molecular formula is C22H26N2O5S. The van der Waals surface area contributed by atoms with E-state index in [9.17, 15) is 18.0 Å². The molecule has 0 spiro atoms. The van der Waals surface area contributed by atoms with E-state index in [4.69, 9.17) is 4.74 Å². The fraction of sp³-hybridized carbons (Fsp3) is 0.364. The Bertz CT molecular complexity index is 1010. The van der Waals surface area contributed by atoms with E-state index in [2.05, 4.69) is 6.92 Å².